The maximum Gasteiger partial charge on any atom is 0.271 e. The molecule has 1 heterocycles. The quantitative estimate of drug-likeness (QED) is 0.905. The summed E-state index contributed by atoms with van der Waals surface area (Å²) in [5, 5.41) is 6.67. The van der Waals surface area contributed by atoms with Crippen LogP contribution < -0.4 is 10.6 Å². The van der Waals surface area contributed by atoms with E-state index in [1.54, 1.807) is 6.07 Å². The standard InChI is InChI=1S/C16H17ClN4O/c17-12-7-3-4-8-13(12)21-15-10-18-14(9-19-15)16(22)20-11-5-1-2-6-11/h3-4,7-11H,1-2,5-6H2,(H,19,21)(H,20,22). The number of aromatic nitrogens is 2. The van der Waals surface area contributed by atoms with E-state index in [4.69, 9.17) is 11.6 Å². The Morgan fingerprint density at radius 1 is 1.14 bits per heavy atom. The number of rotatable bonds is 4. The van der Waals surface area contributed by atoms with Gasteiger partial charge >= 0.3 is 0 Å². The van der Waals surface area contributed by atoms with E-state index in [2.05, 4.69) is 20.6 Å². The SMILES string of the molecule is O=C(NC1CCCC1)c1cnc(Nc2ccccc2Cl)cn1. The van der Waals surface area contributed by atoms with Crippen molar-refractivity contribution in [1.82, 2.24) is 15.3 Å². The van der Waals surface area contributed by atoms with E-state index in [1.807, 2.05) is 18.2 Å². The maximum absolute atomic E-state index is 12.1. The number of carbonyl (C=O) groups is 1. The summed E-state index contributed by atoms with van der Waals surface area (Å²) in [5.41, 5.74) is 1.08. The Kier molecular flexibility index (Phi) is 4.53. The van der Waals surface area contributed by atoms with Gasteiger partial charge in [-0.3, -0.25) is 4.79 Å². The number of amides is 1. The lowest BCUT2D eigenvalue weighted by molar-refractivity contribution is 0.0932. The van der Waals surface area contributed by atoms with Gasteiger partial charge in [0.1, 0.15) is 11.5 Å². The predicted octanol–water partition coefficient (Wildman–Crippen LogP) is 3.55. The first-order valence-electron chi connectivity index (χ1n) is 7.37. The molecule has 2 N–H and O–H groups in total. The summed E-state index contributed by atoms with van der Waals surface area (Å²) in [7, 11) is 0. The van der Waals surface area contributed by atoms with Crippen LogP contribution in [0.5, 0.6) is 0 Å². The number of anilines is 2. The Morgan fingerprint density at radius 3 is 2.59 bits per heavy atom. The molecule has 1 aromatic heterocycles. The molecule has 5 nitrogen and oxygen atoms in total. The monoisotopic (exact) mass is 316 g/mol. The Morgan fingerprint density at radius 2 is 1.91 bits per heavy atom. The van der Waals surface area contributed by atoms with Gasteiger partial charge in [-0.25, -0.2) is 9.97 Å². The number of hydrogen-bond donors (Lipinski definition) is 2. The van der Waals surface area contributed by atoms with E-state index in [9.17, 15) is 4.79 Å². The summed E-state index contributed by atoms with van der Waals surface area (Å²) in [6, 6.07) is 7.65. The number of nitrogens with zero attached hydrogens (tertiary/aromatic N) is 2. The van der Waals surface area contributed by atoms with Crippen molar-refractivity contribution in [1.29, 1.82) is 0 Å². The third-order valence-electron chi connectivity index (χ3n) is 3.71. The van der Waals surface area contributed by atoms with Gasteiger partial charge in [0.2, 0.25) is 0 Å². The highest BCUT2D eigenvalue weighted by Crippen LogP contribution is 2.23. The molecule has 0 spiro atoms. The van der Waals surface area contributed by atoms with Crippen molar-refractivity contribution in [2.45, 2.75) is 31.7 Å². The van der Waals surface area contributed by atoms with Gasteiger partial charge in [0.05, 0.1) is 23.1 Å². The lowest BCUT2D eigenvalue weighted by Gasteiger charge is -2.11. The molecule has 0 radical (unpaired) electrons. The molecule has 1 amide bonds. The van der Waals surface area contributed by atoms with Gasteiger partial charge in [-0.2, -0.15) is 0 Å². The van der Waals surface area contributed by atoms with Crippen molar-refractivity contribution < 1.29 is 4.79 Å². The number of carbonyl (C=O) groups excluding carboxylic acids is 1. The van der Waals surface area contributed by atoms with Crippen molar-refractivity contribution in [3.63, 3.8) is 0 Å². The first-order chi connectivity index (χ1) is 10.7. The second-order valence-corrected chi connectivity index (χ2v) is 5.75. The first kappa shape index (κ1) is 14.8. The minimum atomic E-state index is -0.163. The predicted molar refractivity (Wildman–Crippen MR) is 86.5 cm³/mol. The topological polar surface area (TPSA) is 66.9 Å². The lowest BCUT2D eigenvalue weighted by atomic mass is 10.2. The smallest absolute Gasteiger partial charge is 0.271 e. The lowest BCUT2D eigenvalue weighted by Crippen LogP contribution is -2.33. The third-order valence-corrected chi connectivity index (χ3v) is 4.04. The second kappa shape index (κ2) is 6.75. The highest BCUT2D eigenvalue weighted by atomic mass is 35.5. The molecule has 0 saturated heterocycles. The average molecular weight is 317 g/mol. The molecule has 2 aromatic rings. The number of para-hydroxylation sites is 1. The van der Waals surface area contributed by atoms with Crippen LogP contribution in [-0.2, 0) is 0 Å². The van der Waals surface area contributed by atoms with Gasteiger partial charge in [0, 0.05) is 6.04 Å². The van der Waals surface area contributed by atoms with Crippen LogP contribution in [-0.4, -0.2) is 21.9 Å². The summed E-state index contributed by atoms with van der Waals surface area (Å²) in [4.78, 5) is 20.5. The van der Waals surface area contributed by atoms with E-state index in [-0.39, 0.29) is 11.9 Å². The van der Waals surface area contributed by atoms with Crippen molar-refractivity contribution >= 4 is 29.0 Å². The number of hydrogen-bond acceptors (Lipinski definition) is 4. The normalized spacial score (nSPS) is 14.8. The molecule has 3 rings (SSSR count). The van der Waals surface area contributed by atoms with Gasteiger partial charge in [-0.15, -0.1) is 0 Å². The summed E-state index contributed by atoms with van der Waals surface area (Å²) < 4.78 is 0. The number of nitrogens with one attached hydrogen (secondary N) is 2. The van der Waals surface area contributed by atoms with Gasteiger partial charge in [0.25, 0.3) is 5.91 Å². The fourth-order valence-corrected chi connectivity index (χ4v) is 2.72. The molecule has 1 aliphatic carbocycles. The molecule has 1 fully saturated rings. The molecular formula is C16H17ClN4O. The zero-order valence-electron chi connectivity index (χ0n) is 12.1. The third kappa shape index (κ3) is 3.54. The van der Waals surface area contributed by atoms with Crippen LogP contribution in [0.2, 0.25) is 5.02 Å². The fourth-order valence-electron chi connectivity index (χ4n) is 2.54. The molecule has 0 aliphatic heterocycles. The molecule has 6 heteroatoms. The Balaban J connectivity index is 1.64. The Hall–Kier alpha value is -2.14. The molecule has 22 heavy (non-hydrogen) atoms. The summed E-state index contributed by atoms with van der Waals surface area (Å²) in [5.74, 6) is 0.384. The van der Waals surface area contributed by atoms with Gasteiger partial charge < -0.3 is 10.6 Å². The van der Waals surface area contributed by atoms with E-state index in [0.717, 1.165) is 18.5 Å². The molecular weight excluding hydrogens is 300 g/mol. The van der Waals surface area contributed by atoms with Crippen LogP contribution >= 0.6 is 11.6 Å². The number of benzene rings is 1. The maximum atomic E-state index is 12.1. The van der Waals surface area contributed by atoms with Crippen LogP contribution in [0.25, 0.3) is 0 Å². The fraction of sp³-hybridized carbons (Fsp3) is 0.312. The van der Waals surface area contributed by atoms with E-state index in [0.29, 0.717) is 16.5 Å². The van der Waals surface area contributed by atoms with E-state index in [1.165, 1.54) is 25.2 Å². The Bertz CT molecular complexity index is 653. The molecule has 0 bridgehead atoms. The Labute approximate surface area is 134 Å². The second-order valence-electron chi connectivity index (χ2n) is 5.35. The van der Waals surface area contributed by atoms with Crippen molar-refractivity contribution in [2.24, 2.45) is 0 Å². The highest BCUT2D eigenvalue weighted by Gasteiger charge is 2.18. The van der Waals surface area contributed by atoms with Crippen LogP contribution in [0, 0.1) is 0 Å². The van der Waals surface area contributed by atoms with Crippen molar-refractivity contribution in [3.8, 4) is 0 Å². The van der Waals surface area contributed by atoms with Crippen LogP contribution in [0.15, 0.2) is 36.7 Å². The number of halogens is 1. The van der Waals surface area contributed by atoms with Crippen LogP contribution in [0.4, 0.5) is 11.5 Å². The van der Waals surface area contributed by atoms with Crippen molar-refractivity contribution in [2.75, 3.05) is 5.32 Å². The van der Waals surface area contributed by atoms with Crippen LogP contribution in [0.1, 0.15) is 36.2 Å². The molecule has 1 aromatic carbocycles. The molecule has 0 unspecified atom stereocenters. The average Bonchev–Trinajstić information content (AvgIpc) is 3.03. The minimum Gasteiger partial charge on any atom is -0.348 e. The van der Waals surface area contributed by atoms with Crippen molar-refractivity contribution in [3.05, 3.63) is 47.4 Å². The molecule has 0 atom stereocenters. The highest BCUT2D eigenvalue weighted by molar-refractivity contribution is 6.33. The molecule has 1 aliphatic rings. The summed E-state index contributed by atoms with van der Waals surface area (Å²) >= 11 is 6.08. The largest absolute Gasteiger partial charge is 0.348 e. The summed E-state index contributed by atoms with van der Waals surface area (Å²) in [6.07, 6.45) is 7.46. The molecule has 1 saturated carbocycles. The van der Waals surface area contributed by atoms with Gasteiger partial charge in [0.15, 0.2) is 0 Å². The van der Waals surface area contributed by atoms with Crippen LogP contribution in [0.3, 0.4) is 0 Å². The van der Waals surface area contributed by atoms with Gasteiger partial charge in [-0.05, 0) is 25.0 Å². The minimum absolute atomic E-state index is 0.163. The summed E-state index contributed by atoms with van der Waals surface area (Å²) in [6.45, 7) is 0. The molecule has 114 valence electrons. The van der Waals surface area contributed by atoms with E-state index < -0.39 is 0 Å². The van der Waals surface area contributed by atoms with Gasteiger partial charge in [-0.1, -0.05) is 36.6 Å². The zero-order chi connectivity index (χ0) is 15.4. The first-order valence-corrected chi connectivity index (χ1v) is 7.74. The zero-order valence-corrected chi connectivity index (χ0v) is 12.8. The van der Waals surface area contributed by atoms with E-state index >= 15 is 0 Å².